The van der Waals surface area contributed by atoms with Gasteiger partial charge in [-0.05, 0) is 61.6 Å². The molecule has 184 valence electrons. The van der Waals surface area contributed by atoms with Gasteiger partial charge in [-0.1, -0.05) is 19.9 Å². The van der Waals surface area contributed by atoms with Crippen molar-refractivity contribution in [3.8, 4) is 0 Å². The first-order valence-electron chi connectivity index (χ1n) is 10.1. The van der Waals surface area contributed by atoms with Crippen LogP contribution < -0.4 is 5.32 Å². The highest BCUT2D eigenvalue weighted by Crippen LogP contribution is 2.41. The number of sulfone groups is 1. The maximum Gasteiger partial charge on any atom is 0.407 e. The van der Waals surface area contributed by atoms with Crippen LogP contribution in [0.1, 0.15) is 36.1 Å². The summed E-state index contributed by atoms with van der Waals surface area (Å²) in [5, 5.41) is 13.3. The van der Waals surface area contributed by atoms with Crippen LogP contribution in [-0.4, -0.2) is 30.8 Å². The van der Waals surface area contributed by atoms with Crippen LogP contribution in [0, 0.1) is 39.1 Å². The third kappa shape index (κ3) is 5.23. The topological polar surface area (TPSA) is 87.8 Å². The highest BCUT2D eigenvalue weighted by atomic mass is 32.2. The minimum absolute atomic E-state index is 0.0874. The summed E-state index contributed by atoms with van der Waals surface area (Å²) in [6.07, 6.45) is -4.87. The normalized spacial score (nSPS) is 13.9. The predicted octanol–water partition coefficient (Wildman–Crippen LogP) is 5.12. The van der Waals surface area contributed by atoms with Gasteiger partial charge in [0, 0.05) is 5.69 Å². The molecule has 0 aliphatic carbocycles. The number of hydrogen-bond acceptors (Lipinski definition) is 4. The second kappa shape index (κ2) is 9.35. The number of benzene rings is 2. The van der Waals surface area contributed by atoms with Crippen molar-refractivity contribution < 1.29 is 35.9 Å². The van der Waals surface area contributed by atoms with Crippen LogP contribution in [0.25, 0.3) is 4.85 Å². The van der Waals surface area contributed by atoms with Crippen molar-refractivity contribution in [3.63, 3.8) is 0 Å². The minimum atomic E-state index is -4.87. The zero-order valence-corrected chi connectivity index (χ0v) is 19.9. The summed E-state index contributed by atoms with van der Waals surface area (Å²) in [6.45, 7) is 13.5. The molecule has 0 radical (unpaired) electrons. The standard InChI is InChI=1S/C23H24F4N2O4S/c1-12(2)22(31,11-34(32,33)20-13(3)9-16(24)10-14(20)4)21(30)29-17-7-8-18(28-6)19(15(17)5)23(25,26)27/h7-10,12,31H,11H2,1-5H3,(H,29,30). The van der Waals surface area contributed by atoms with Crippen molar-refractivity contribution in [1.29, 1.82) is 0 Å². The summed E-state index contributed by atoms with van der Waals surface area (Å²) in [5.41, 5.74) is -5.03. The monoisotopic (exact) mass is 500 g/mol. The Morgan fingerprint density at radius 2 is 1.68 bits per heavy atom. The number of anilines is 1. The van der Waals surface area contributed by atoms with Gasteiger partial charge in [-0.15, -0.1) is 0 Å². The largest absolute Gasteiger partial charge is 0.407 e. The van der Waals surface area contributed by atoms with Gasteiger partial charge < -0.3 is 10.4 Å². The van der Waals surface area contributed by atoms with E-state index in [-0.39, 0.29) is 21.7 Å². The molecule has 0 fully saturated rings. The van der Waals surface area contributed by atoms with E-state index in [9.17, 15) is 35.9 Å². The highest BCUT2D eigenvalue weighted by molar-refractivity contribution is 7.91. The number of rotatable bonds is 6. The Balaban J connectivity index is 2.52. The molecule has 0 heterocycles. The number of nitrogens with zero attached hydrogens (tertiary/aromatic N) is 1. The van der Waals surface area contributed by atoms with Crippen LogP contribution in [0.2, 0.25) is 0 Å². The van der Waals surface area contributed by atoms with E-state index in [4.69, 9.17) is 6.57 Å². The molecule has 2 aromatic rings. The molecule has 0 spiro atoms. The maximum atomic E-state index is 13.6. The van der Waals surface area contributed by atoms with E-state index in [1.165, 1.54) is 27.7 Å². The predicted molar refractivity (Wildman–Crippen MR) is 119 cm³/mol. The lowest BCUT2D eigenvalue weighted by molar-refractivity contribution is -0.138. The van der Waals surface area contributed by atoms with Gasteiger partial charge in [0.05, 0.1) is 22.8 Å². The first kappa shape index (κ1) is 27.3. The smallest absolute Gasteiger partial charge is 0.379 e. The number of amides is 1. The molecule has 0 saturated heterocycles. The number of aryl methyl sites for hydroxylation is 2. The Kier molecular flexibility index (Phi) is 7.50. The molecule has 0 saturated carbocycles. The Hall–Kier alpha value is -2.97. The molecule has 1 amide bonds. The molecule has 0 aliphatic heterocycles. The average Bonchev–Trinajstić information content (AvgIpc) is 2.66. The average molecular weight is 501 g/mol. The molecule has 2 aromatic carbocycles. The van der Waals surface area contributed by atoms with Gasteiger partial charge in [0.1, 0.15) is 5.82 Å². The van der Waals surface area contributed by atoms with Crippen molar-refractivity contribution in [2.24, 2.45) is 5.92 Å². The highest BCUT2D eigenvalue weighted by Gasteiger charge is 2.45. The summed E-state index contributed by atoms with van der Waals surface area (Å²) in [5.74, 6) is -3.92. The minimum Gasteiger partial charge on any atom is -0.379 e. The number of alkyl halides is 3. The van der Waals surface area contributed by atoms with Gasteiger partial charge in [0.25, 0.3) is 5.91 Å². The molecule has 1 atom stereocenters. The summed E-state index contributed by atoms with van der Waals surface area (Å²) in [4.78, 5) is 15.7. The van der Waals surface area contributed by atoms with Crippen LogP contribution in [-0.2, 0) is 20.8 Å². The zero-order valence-electron chi connectivity index (χ0n) is 19.1. The molecular formula is C23H24F4N2O4S. The molecule has 1 unspecified atom stereocenters. The summed E-state index contributed by atoms with van der Waals surface area (Å²) in [6, 6.07) is 3.98. The van der Waals surface area contributed by atoms with Gasteiger partial charge in [-0.3, -0.25) is 4.79 Å². The van der Waals surface area contributed by atoms with Crippen LogP contribution in [0.5, 0.6) is 0 Å². The van der Waals surface area contributed by atoms with Gasteiger partial charge in [-0.25, -0.2) is 17.7 Å². The van der Waals surface area contributed by atoms with Gasteiger partial charge in [0.2, 0.25) is 0 Å². The quantitative estimate of drug-likeness (QED) is 0.327. The fourth-order valence-corrected chi connectivity index (χ4v) is 6.05. The third-order valence-corrected chi connectivity index (χ3v) is 7.68. The van der Waals surface area contributed by atoms with Gasteiger partial charge in [0.15, 0.2) is 21.1 Å². The van der Waals surface area contributed by atoms with Gasteiger partial charge >= 0.3 is 6.18 Å². The first-order valence-corrected chi connectivity index (χ1v) is 11.7. The van der Waals surface area contributed by atoms with E-state index in [1.54, 1.807) is 0 Å². The van der Waals surface area contributed by atoms with Crippen molar-refractivity contribution in [2.45, 2.75) is 51.3 Å². The molecule has 34 heavy (non-hydrogen) atoms. The lowest BCUT2D eigenvalue weighted by atomic mass is 9.91. The molecule has 0 aromatic heterocycles. The lowest BCUT2D eigenvalue weighted by Crippen LogP contribution is -2.52. The summed E-state index contributed by atoms with van der Waals surface area (Å²) in [7, 11) is -4.33. The maximum absolute atomic E-state index is 13.6. The third-order valence-electron chi connectivity index (χ3n) is 5.59. The van der Waals surface area contributed by atoms with E-state index in [1.807, 2.05) is 0 Å². The van der Waals surface area contributed by atoms with Crippen molar-refractivity contribution >= 4 is 27.1 Å². The lowest BCUT2D eigenvalue weighted by Gasteiger charge is -2.31. The first-order chi connectivity index (χ1) is 15.5. The van der Waals surface area contributed by atoms with Gasteiger partial charge in [-0.2, -0.15) is 13.2 Å². The Morgan fingerprint density at radius 1 is 1.15 bits per heavy atom. The number of carbonyl (C=O) groups is 1. The number of carbonyl (C=O) groups excluding carboxylic acids is 1. The van der Waals surface area contributed by atoms with E-state index < -0.39 is 61.8 Å². The van der Waals surface area contributed by atoms with E-state index in [0.717, 1.165) is 31.2 Å². The number of hydrogen-bond donors (Lipinski definition) is 2. The SMILES string of the molecule is [C-]#[N+]c1ccc(NC(=O)C(O)(CS(=O)(=O)c2c(C)cc(F)cc2C)C(C)C)c(C)c1C(F)(F)F. The van der Waals surface area contributed by atoms with Crippen LogP contribution >= 0.6 is 0 Å². The Morgan fingerprint density at radius 3 is 2.12 bits per heavy atom. The molecule has 0 bridgehead atoms. The van der Waals surface area contributed by atoms with E-state index >= 15 is 0 Å². The number of halogens is 4. The molecule has 0 aliphatic rings. The molecule has 6 nitrogen and oxygen atoms in total. The van der Waals surface area contributed by atoms with Crippen molar-refractivity contribution in [1.82, 2.24) is 0 Å². The number of aliphatic hydroxyl groups is 1. The Labute approximate surface area is 195 Å². The molecule has 2 N–H and O–H groups in total. The summed E-state index contributed by atoms with van der Waals surface area (Å²) >= 11 is 0. The Bertz CT molecular complexity index is 1260. The fourth-order valence-electron chi connectivity index (χ4n) is 3.76. The van der Waals surface area contributed by atoms with E-state index in [2.05, 4.69) is 10.2 Å². The van der Waals surface area contributed by atoms with Crippen molar-refractivity contribution in [2.75, 3.05) is 11.1 Å². The zero-order chi connectivity index (χ0) is 26.2. The molecule has 11 heteroatoms. The van der Waals surface area contributed by atoms with E-state index in [0.29, 0.717) is 0 Å². The van der Waals surface area contributed by atoms with Crippen LogP contribution in [0.4, 0.5) is 28.9 Å². The van der Waals surface area contributed by atoms with Crippen LogP contribution in [0.15, 0.2) is 29.2 Å². The van der Waals surface area contributed by atoms with Crippen molar-refractivity contribution in [3.05, 3.63) is 63.8 Å². The summed E-state index contributed by atoms with van der Waals surface area (Å²) < 4.78 is 80.4. The van der Waals surface area contributed by atoms with Crippen LogP contribution in [0.3, 0.4) is 0 Å². The number of nitrogens with one attached hydrogen (secondary N) is 1. The fraction of sp³-hybridized carbons (Fsp3) is 0.391. The second-order valence-corrected chi connectivity index (χ2v) is 10.3. The molecule has 2 rings (SSSR count). The molecular weight excluding hydrogens is 476 g/mol. The second-order valence-electron chi connectivity index (χ2n) is 8.40.